The van der Waals surface area contributed by atoms with E-state index in [2.05, 4.69) is 9.99 Å². The van der Waals surface area contributed by atoms with E-state index < -0.39 is 7.29 Å². The van der Waals surface area contributed by atoms with E-state index in [1.165, 1.54) is 12.1 Å². The highest BCUT2D eigenvalue weighted by Gasteiger charge is 2.26. The largest absolute Gasteiger partial charge is 0.379 e. The second kappa shape index (κ2) is 12.8. The van der Waals surface area contributed by atoms with Gasteiger partial charge in [-0.2, -0.15) is 0 Å². The lowest BCUT2D eigenvalue weighted by Crippen LogP contribution is -2.42. The fourth-order valence-electron chi connectivity index (χ4n) is 4.07. The molecule has 1 atom stereocenters. The molecule has 0 aliphatic carbocycles. The molecule has 1 fully saturated rings. The maximum Gasteiger partial charge on any atom is 0.193 e. The number of rotatable bonds is 9. The van der Waals surface area contributed by atoms with E-state index in [-0.39, 0.29) is 11.9 Å². The van der Waals surface area contributed by atoms with Crippen LogP contribution in [0.3, 0.4) is 0 Å². The van der Waals surface area contributed by atoms with Crippen LogP contribution >= 0.6 is 30.5 Å². The number of halogens is 3. The van der Waals surface area contributed by atoms with Crippen LogP contribution in [0.4, 0.5) is 4.39 Å². The van der Waals surface area contributed by atoms with Crippen molar-refractivity contribution in [3.05, 3.63) is 119 Å². The molecule has 1 unspecified atom stereocenters. The van der Waals surface area contributed by atoms with Crippen molar-refractivity contribution in [2.45, 2.75) is 6.04 Å². The Hall–Kier alpha value is -2.24. The number of nitrogens with zero attached hydrogens (tertiary/aromatic N) is 1. The summed E-state index contributed by atoms with van der Waals surface area (Å²) in [5.74, 6) is 2.81. The van der Waals surface area contributed by atoms with Gasteiger partial charge in [-0.15, -0.1) is 0 Å². The number of ether oxygens (including phenoxy) is 1. The number of hydrogen-bond acceptors (Lipinski definition) is 3. The van der Waals surface area contributed by atoms with Crippen molar-refractivity contribution in [1.82, 2.24) is 9.99 Å². The average molecular weight is 545 g/mol. The van der Waals surface area contributed by atoms with Crippen LogP contribution in [0, 0.1) is 5.82 Å². The molecule has 0 aromatic heterocycles. The minimum absolute atomic E-state index is 0.143. The maximum atomic E-state index is 14.3. The predicted molar refractivity (Wildman–Crippen MR) is 148 cm³/mol. The minimum atomic E-state index is -3.37. The summed E-state index contributed by atoms with van der Waals surface area (Å²) in [5.41, 5.74) is 2.44. The van der Waals surface area contributed by atoms with Crippen LogP contribution in [0.5, 0.6) is 0 Å². The summed E-state index contributed by atoms with van der Waals surface area (Å²) in [4.78, 5) is 2.25. The van der Waals surface area contributed by atoms with E-state index in [1.807, 2.05) is 60.7 Å². The van der Waals surface area contributed by atoms with Crippen LogP contribution in [0.1, 0.15) is 22.7 Å². The molecule has 0 spiro atoms. The molecule has 0 bridgehead atoms. The Labute approximate surface area is 221 Å². The molecule has 1 aliphatic rings. The molecular formula is C28H28Cl2FN2O2P. The lowest BCUT2D eigenvalue weighted by Gasteiger charge is -2.35. The normalized spacial score (nSPS) is 18.0. The van der Waals surface area contributed by atoms with Crippen LogP contribution in [0.2, 0.25) is 0 Å². The third kappa shape index (κ3) is 7.39. The zero-order valence-corrected chi connectivity index (χ0v) is 22.1. The smallest absolute Gasteiger partial charge is 0.193 e. The van der Waals surface area contributed by atoms with Crippen molar-refractivity contribution >= 4 is 40.6 Å². The highest BCUT2D eigenvalue weighted by Crippen LogP contribution is 2.50. The lowest BCUT2D eigenvalue weighted by atomic mass is 10.0. The second-order valence-electron chi connectivity index (χ2n) is 8.47. The topological polar surface area (TPSA) is 41.6 Å². The molecule has 1 heterocycles. The molecule has 1 saturated heterocycles. The van der Waals surface area contributed by atoms with E-state index in [1.54, 1.807) is 23.8 Å². The summed E-state index contributed by atoms with van der Waals surface area (Å²) in [5, 5.41) is 4.00. The molecule has 0 amide bonds. The molecule has 1 N–H and O–H groups in total. The van der Waals surface area contributed by atoms with E-state index >= 15 is 0 Å². The molecule has 1 aliphatic heterocycles. The number of hydrogen-bond donors (Lipinski definition) is 1. The van der Waals surface area contributed by atoms with Crippen molar-refractivity contribution in [2.75, 3.05) is 32.8 Å². The van der Waals surface area contributed by atoms with Gasteiger partial charge >= 0.3 is 0 Å². The van der Waals surface area contributed by atoms with Crippen molar-refractivity contribution in [3.63, 3.8) is 0 Å². The molecule has 3 aromatic carbocycles. The summed E-state index contributed by atoms with van der Waals surface area (Å²) < 4.78 is 33.5. The van der Waals surface area contributed by atoms with Crippen LogP contribution in [0.25, 0.3) is 10.1 Å². The summed E-state index contributed by atoms with van der Waals surface area (Å²) >= 11 is 13.3. The van der Waals surface area contributed by atoms with Gasteiger partial charge in [-0.25, -0.2) is 4.39 Å². The highest BCUT2D eigenvalue weighted by molar-refractivity contribution is 7.68. The molecule has 0 radical (unpaired) electrons. The van der Waals surface area contributed by atoms with Crippen molar-refractivity contribution in [2.24, 2.45) is 0 Å². The Kier molecular flexibility index (Phi) is 9.55. The van der Waals surface area contributed by atoms with Crippen LogP contribution in [-0.4, -0.2) is 37.7 Å². The van der Waals surface area contributed by atoms with Gasteiger partial charge in [0.25, 0.3) is 0 Å². The van der Waals surface area contributed by atoms with Gasteiger partial charge in [-0.3, -0.25) is 14.6 Å². The first-order valence-corrected chi connectivity index (χ1v) is 14.3. The van der Waals surface area contributed by atoms with E-state index in [0.29, 0.717) is 29.8 Å². The molecular weight excluding hydrogens is 517 g/mol. The quantitative estimate of drug-likeness (QED) is 0.282. The summed E-state index contributed by atoms with van der Waals surface area (Å²) in [6.07, 6.45) is 0. The number of nitrogens with one attached hydrogen (secondary N) is 1. The zero-order valence-electron chi connectivity index (χ0n) is 19.7. The Bertz CT molecular complexity index is 1170. The second-order valence-corrected chi connectivity index (χ2v) is 11.5. The van der Waals surface area contributed by atoms with Gasteiger partial charge in [0.1, 0.15) is 5.82 Å². The molecule has 3 aromatic rings. The van der Waals surface area contributed by atoms with Crippen molar-refractivity contribution < 1.29 is 13.7 Å². The van der Waals surface area contributed by atoms with Gasteiger partial charge in [0.15, 0.2) is 7.29 Å². The van der Waals surface area contributed by atoms with Gasteiger partial charge in [0, 0.05) is 37.3 Å². The number of morpholine rings is 1. The molecule has 8 heteroatoms. The molecule has 4 rings (SSSR count). The predicted octanol–water partition coefficient (Wildman–Crippen LogP) is 7.54. The van der Waals surface area contributed by atoms with Crippen molar-refractivity contribution in [1.29, 1.82) is 0 Å². The summed E-state index contributed by atoms with van der Waals surface area (Å²) in [7, 11) is -3.37. The monoisotopic (exact) mass is 544 g/mol. The van der Waals surface area contributed by atoms with Crippen LogP contribution in [-0.2, 0) is 9.30 Å². The first-order valence-electron chi connectivity index (χ1n) is 11.7. The molecule has 0 saturated carbocycles. The summed E-state index contributed by atoms with van der Waals surface area (Å²) in [6, 6.07) is 25.0. The lowest BCUT2D eigenvalue weighted by molar-refractivity contribution is 0.0172. The first-order chi connectivity index (χ1) is 17.4. The van der Waals surface area contributed by atoms with E-state index in [9.17, 15) is 8.96 Å². The summed E-state index contributed by atoms with van der Waals surface area (Å²) in [6.45, 7) is 2.99. The third-order valence-corrected chi connectivity index (χ3v) is 8.90. The Morgan fingerprint density at radius 3 is 1.89 bits per heavy atom. The maximum absolute atomic E-state index is 14.3. The van der Waals surface area contributed by atoms with Crippen molar-refractivity contribution in [3.8, 4) is 0 Å². The van der Waals surface area contributed by atoms with Gasteiger partial charge in [-0.1, -0.05) is 96.0 Å². The minimum Gasteiger partial charge on any atom is -0.379 e. The van der Waals surface area contributed by atoms with Gasteiger partial charge in [0.05, 0.1) is 23.3 Å². The average Bonchev–Trinajstić information content (AvgIpc) is 2.91. The Morgan fingerprint density at radius 1 is 0.889 bits per heavy atom. The van der Waals surface area contributed by atoms with E-state index in [0.717, 1.165) is 29.8 Å². The zero-order chi connectivity index (χ0) is 25.4. The van der Waals surface area contributed by atoms with Gasteiger partial charge in [-0.05, 0) is 28.8 Å². The van der Waals surface area contributed by atoms with Crippen LogP contribution < -0.4 is 5.09 Å². The highest BCUT2D eigenvalue weighted by atomic mass is 35.5. The van der Waals surface area contributed by atoms with Gasteiger partial charge in [0.2, 0.25) is 0 Å². The van der Waals surface area contributed by atoms with Gasteiger partial charge < -0.3 is 4.74 Å². The standard InChI is InChI=1S/C28H28Cl2FN2O2P/c29-26(22-7-3-1-4-8-22)20-36(34,21-27(30)23-9-5-2-6-10-23)32-19-28(33-15-17-35-18-16-33)24-11-13-25(31)14-12-24/h1-14,20-21,28H,15-19H2,(H,32,34). The third-order valence-electron chi connectivity index (χ3n) is 5.98. The SMILES string of the molecule is O=P(C=C(Cl)c1ccccc1)(C=C(Cl)c1ccccc1)NCC(c1ccc(F)cc1)N1CCOCC1. The fourth-order valence-corrected chi connectivity index (χ4v) is 6.88. The van der Waals surface area contributed by atoms with E-state index in [4.69, 9.17) is 27.9 Å². The number of benzene rings is 3. The Morgan fingerprint density at radius 2 is 1.39 bits per heavy atom. The molecule has 188 valence electrons. The van der Waals surface area contributed by atoms with Crippen LogP contribution in [0.15, 0.2) is 96.6 Å². The Balaban J connectivity index is 1.67. The first kappa shape index (κ1) is 26.8. The fraction of sp³-hybridized carbons (Fsp3) is 0.214. The molecule has 36 heavy (non-hydrogen) atoms. The molecule has 4 nitrogen and oxygen atoms in total.